The van der Waals surface area contributed by atoms with Crippen LogP contribution in [0, 0.1) is 5.92 Å². The number of hydrogen-bond acceptors (Lipinski definition) is 5. The van der Waals surface area contributed by atoms with Crippen LogP contribution in [-0.2, 0) is 4.74 Å². The van der Waals surface area contributed by atoms with Gasteiger partial charge in [0.2, 0.25) is 5.95 Å². The number of carbonyl (C=O) groups is 1. The molecule has 1 fully saturated rings. The third-order valence-corrected chi connectivity index (χ3v) is 3.54. The second-order valence-corrected chi connectivity index (χ2v) is 6.98. The first-order chi connectivity index (χ1) is 10.3. The van der Waals surface area contributed by atoms with E-state index in [1.807, 2.05) is 20.8 Å². The van der Waals surface area contributed by atoms with Crippen LogP contribution in [0.25, 0.3) is 0 Å². The topological polar surface area (TPSA) is 67.3 Å². The number of nitrogens with one attached hydrogen (secondary N) is 1. The molecular formula is C15H23ClN4O2. The fraction of sp³-hybridized carbons (Fsp3) is 0.667. The van der Waals surface area contributed by atoms with E-state index in [0.29, 0.717) is 23.4 Å². The quantitative estimate of drug-likeness (QED) is 0.924. The molecule has 122 valence electrons. The van der Waals surface area contributed by atoms with Gasteiger partial charge in [-0.25, -0.2) is 14.8 Å². The van der Waals surface area contributed by atoms with Crippen LogP contribution in [0.15, 0.2) is 12.4 Å². The zero-order chi connectivity index (χ0) is 16.2. The first kappa shape index (κ1) is 16.8. The Labute approximate surface area is 136 Å². The number of likely N-dealkylation sites (tertiary alicyclic amines) is 1. The number of piperidine rings is 1. The summed E-state index contributed by atoms with van der Waals surface area (Å²) < 4.78 is 5.43. The summed E-state index contributed by atoms with van der Waals surface area (Å²) in [5, 5.41) is 3.70. The van der Waals surface area contributed by atoms with Crippen molar-refractivity contribution in [2.75, 3.05) is 25.0 Å². The van der Waals surface area contributed by atoms with Crippen molar-refractivity contribution in [1.29, 1.82) is 0 Å². The van der Waals surface area contributed by atoms with Gasteiger partial charge in [0.15, 0.2) is 0 Å². The molecule has 0 saturated carbocycles. The highest BCUT2D eigenvalue weighted by atomic mass is 35.5. The fourth-order valence-electron chi connectivity index (χ4n) is 2.36. The van der Waals surface area contributed by atoms with E-state index in [4.69, 9.17) is 16.3 Å². The molecule has 0 aromatic carbocycles. The monoisotopic (exact) mass is 326 g/mol. The normalized spacial score (nSPS) is 18.9. The predicted molar refractivity (Wildman–Crippen MR) is 86.1 cm³/mol. The van der Waals surface area contributed by atoms with E-state index >= 15 is 0 Å². The van der Waals surface area contributed by atoms with E-state index in [2.05, 4.69) is 15.3 Å². The Morgan fingerprint density at radius 3 is 2.77 bits per heavy atom. The van der Waals surface area contributed by atoms with Gasteiger partial charge in [0.25, 0.3) is 0 Å². The van der Waals surface area contributed by atoms with E-state index in [1.54, 1.807) is 17.3 Å². The van der Waals surface area contributed by atoms with Crippen LogP contribution in [0.1, 0.15) is 33.6 Å². The standard InChI is InChI=1S/C15H23ClN4O2/c1-15(2,3)22-14(21)20-6-4-5-11(10-20)7-17-13-18-8-12(16)9-19-13/h8-9,11H,4-7,10H2,1-3H3,(H,17,18,19)/t11-/m1/s1. The minimum Gasteiger partial charge on any atom is -0.444 e. The molecule has 1 aliphatic heterocycles. The van der Waals surface area contributed by atoms with Gasteiger partial charge in [-0.3, -0.25) is 0 Å². The van der Waals surface area contributed by atoms with Crippen molar-refractivity contribution in [2.24, 2.45) is 5.92 Å². The molecule has 0 bridgehead atoms. The molecule has 1 aromatic heterocycles. The van der Waals surface area contributed by atoms with Crippen molar-refractivity contribution in [3.05, 3.63) is 17.4 Å². The lowest BCUT2D eigenvalue weighted by molar-refractivity contribution is 0.0172. The number of hydrogen-bond donors (Lipinski definition) is 1. The van der Waals surface area contributed by atoms with E-state index in [9.17, 15) is 4.79 Å². The highest BCUT2D eigenvalue weighted by molar-refractivity contribution is 6.30. The first-order valence-corrected chi connectivity index (χ1v) is 7.90. The zero-order valence-electron chi connectivity index (χ0n) is 13.3. The van der Waals surface area contributed by atoms with Gasteiger partial charge >= 0.3 is 6.09 Å². The number of aromatic nitrogens is 2. The van der Waals surface area contributed by atoms with Crippen LogP contribution in [0.2, 0.25) is 5.02 Å². The van der Waals surface area contributed by atoms with E-state index in [1.165, 1.54) is 0 Å². The van der Waals surface area contributed by atoms with Gasteiger partial charge in [-0.15, -0.1) is 0 Å². The number of amides is 1. The number of halogens is 1. The molecule has 0 unspecified atom stereocenters. The van der Waals surface area contributed by atoms with Crippen molar-refractivity contribution < 1.29 is 9.53 Å². The minimum atomic E-state index is -0.459. The van der Waals surface area contributed by atoms with Crippen LogP contribution in [0.4, 0.5) is 10.7 Å². The molecule has 6 nitrogen and oxygen atoms in total. The van der Waals surface area contributed by atoms with E-state index in [-0.39, 0.29) is 6.09 Å². The molecule has 0 radical (unpaired) electrons. The summed E-state index contributed by atoms with van der Waals surface area (Å²) in [7, 11) is 0. The Morgan fingerprint density at radius 2 is 2.14 bits per heavy atom. The maximum Gasteiger partial charge on any atom is 0.410 e. The van der Waals surface area contributed by atoms with Crippen LogP contribution in [-0.4, -0.2) is 46.2 Å². The van der Waals surface area contributed by atoms with Crippen LogP contribution >= 0.6 is 11.6 Å². The zero-order valence-corrected chi connectivity index (χ0v) is 14.1. The summed E-state index contributed by atoms with van der Waals surface area (Å²) in [4.78, 5) is 22.1. The average Bonchev–Trinajstić information content (AvgIpc) is 2.45. The fourth-order valence-corrected chi connectivity index (χ4v) is 2.46. The van der Waals surface area contributed by atoms with Gasteiger partial charge in [0.05, 0.1) is 17.4 Å². The Hall–Kier alpha value is -1.56. The highest BCUT2D eigenvalue weighted by Crippen LogP contribution is 2.19. The summed E-state index contributed by atoms with van der Waals surface area (Å²) in [6.45, 7) is 7.81. The van der Waals surface area contributed by atoms with Crippen LogP contribution < -0.4 is 5.32 Å². The van der Waals surface area contributed by atoms with E-state index in [0.717, 1.165) is 25.9 Å². The van der Waals surface area contributed by atoms with Crippen LogP contribution in [0.5, 0.6) is 0 Å². The smallest absolute Gasteiger partial charge is 0.410 e. The van der Waals surface area contributed by atoms with Gasteiger partial charge in [-0.2, -0.15) is 0 Å². The molecule has 0 aliphatic carbocycles. The van der Waals surface area contributed by atoms with Gasteiger partial charge in [0.1, 0.15) is 5.60 Å². The molecule has 2 rings (SSSR count). The predicted octanol–water partition coefficient (Wildman–Crippen LogP) is 3.19. The Bertz CT molecular complexity index is 501. The molecular weight excluding hydrogens is 304 g/mol. The molecule has 1 amide bonds. The maximum atomic E-state index is 12.1. The van der Waals surface area contributed by atoms with Gasteiger partial charge < -0.3 is 15.0 Å². The molecule has 1 atom stereocenters. The number of anilines is 1. The number of nitrogens with zero attached hydrogens (tertiary/aromatic N) is 3. The largest absolute Gasteiger partial charge is 0.444 e. The molecule has 2 heterocycles. The van der Waals surface area contributed by atoms with Gasteiger partial charge in [-0.05, 0) is 39.5 Å². The summed E-state index contributed by atoms with van der Waals surface area (Å²) in [5.74, 6) is 0.916. The lowest BCUT2D eigenvalue weighted by Gasteiger charge is -2.34. The van der Waals surface area contributed by atoms with Crippen molar-refractivity contribution in [2.45, 2.75) is 39.2 Å². The number of rotatable bonds is 3. The SMILES string of the molecule is CC(C)(C)OC(=O)N1CCC[C@H](CNc2ncc(Cl)cn2)C1. The lowest BCUT2D eigenvalue weighted by atomic mass is 9.98. The van der Waals surface area contributed by atoms with Gasteiger partial charge in [0, 0.05) is 19.6 Å². The number of carbonyl (C=O) groups excluding carboxylic acids is 1. The molecule has 22 heavy (non-hydrogen) atoms. The summed E-state index contributed by atoms with van der Waals surface area (Å²) in [5.41, 5.74) is -0.459. The van der Waals surface area contributed by atoms with Crippen molar-refractivity contribution in [3.63, 3.8) is 0 Å². The Morgan fingerprint density at radius 1 is 1.45 bits per heavy atom. The van der Waals surface area contributed by atoms with Gasteiger partial charge in [-0.1, -0.05) is 11.6 Å². The Balaban J connectivity index is 1.82. The summed E-state index contributed by atoms with van der Waals surface area (Å²) in [6.07, 6.45) is 4.93. The highest BCUT2D eigenvalue weighted by Gasteiger charge is 2.27. The molecule has 1 N–H and O–H groups in total. The van der Waals surface area contributed by atoms with Crippen molar-refractivity contribution >= 4 is 23.6 Å². The third kappa shape index (κ3) is 5.33. The van der Waals surface area contributed by atoms with Crippen molar-refractivity contribution in [3.8, 4) is 0 Å². The summed E-state index contributed by atoms with van der Waals surface area (Å²) in [6, 6.07) is 0. The second kappa shape index (κ2) is 7.13. The third-order valence-electron chi connectivity index (χ3n) is 3.34. The van der Waals surface area contributed by atoms with Crippen molar-refractivity contribution in [1.82, 2.24) is 14.9 Å². The number of ether oxygens (including phenoxy) is 1. The second-order valence-electron chi connectivity index (χ2n) is 6.54. The minimum absolute atomic E-state index is 0.236. The molecule has 7 heteroatoms. The Kier molecular flexibility index (Phi) is 5.45. The molecule has 1 aliphatic rings. The van der Waals surface area contributed by atoms with Crippen LogP contribution in [0.3, 0.4) is 0 Å². The lowest BCUT2D eigenvalue weighted by Crippen LogP contribution is -2.44. The molecule has 0 spiro atoms. The summed E-state index contributed by atoms with van der Waals surface area (Å²) >= 11 is 5.76. The molecule has 1 aromatic rings. The van der Waals surface area contributed by atoms with E-state index < -0.39 is 5.60 Å². The maximum absolute atomic E-state index is 12.1. The first-order valence-electron chi connectivity index (χ1n) is 7.53. The molecule has 1 saturated heterocycles. The average molecular weight is 327 g/mol.